The molecule has 0 bridgehead atoms. The van der Waals surface area contributed by atoms with Crippen molar-refractivity contribution in [3.63, 3.8) is 0 Å². The third-order valence-corrected chi connectivity index (χ3v) is 5.00. The van der Waals surface area contributed by atoms with Crippen molar-refractivity contribution < 1.29 is 9.53 Å². The van der Waals surface area contributed by atoms with E-state index < -0.39 is 0 Å². The molecule has 0 unspecified atom stereocenters. The molecule has 1 saturated heterocycles. The normalized spacial score (nSPS) is 19.1. The van der Waals surface area contributed by atoms with Crippen LogP contribution in [-0.2, 0) is 16.1 Å². The van der Waals surface area contributed by atoms with Crippen LogP contribution >= 0.6 is 0 Å². The molecule has 3 heterocycles. The molecule has 1 aliphatic heterocycles. The number of carbonyl (C=O) groups excluding carboxylic acids is 1. The number of imidazole rings is 1. The SMILES string of the molecule is CC[C@@H](C)C(=O)N1CC[C@H](c2nc3ccncc3n2CCOC)C1. The molecule has 1 amide bonds. The highest BCUT2D eigenvalue weighted by atomic mass is 16.5. The number of methoxy groups -OCH3 is 1. The first kappa shape index (κ1) is 16.9. The first-order valence-corrected chi connectivity index (χ1v) is 8.73. The Bertz CT molecular complexity index is 712. The number of nitrogens with zero attached hydrogens (tertiary/aromatic N) is 4. The molecule has 0 radical (unpaired) electrons. The quantitative estimate of drug-likeness (QED) is 0.816. The molecule has 0 spiro atoms. The zero-order valence-electron chi connectivity index (χ0n) is 14.7. The predicted octanol–water partition coefficient (Wildman–Crippen LogP) is 2.44. The van der Waals surface area contributed by atoms with E-state index in [2.05, 4.69) is 16.5 Å². The Balaban J connectivity index is 1.85. The van der Waals surface area contributed by atoms with E-state index in [0.717, 1.165) is 49.3 Å². The van der Waals surface area contributed by atoms with Gasteiger partial charge in [0.1, 0.15) is 5.82 Å². The number of amides is 1. The van der Waals surface area contributed by atoms with Crippen molar-refractivity contribution >= 4 is 16.9 Å². The molecule has 24 heavy (non-hydrogen) atoms. The molecule has 6 heteroatoms. The number of rotatable bonds is 6. The fourth-order valence-corrected chi connectivity index (χ4v) is 3.38. The average molecular weight is 330 g/mol. The van der Waals surface area contributed by atoms with Gasteiger partial charge in [0, 0.05) is 44.8 Å². The maximum Gasteiger partial charge on any atom is 0.225 e. The Morgan fingerprint density at radius 2 is 2.33 bits per heavy atom. The minimum atomic E-state index is 0.0975. The van der Waals surface area contributed by atoms with Crippen molar-refractivity contribution in [3.05, 3.63) is 24.3 Å². The van der Waals surface area contributed by atoms with Crippen molar-refractivity contribution in [2.45, 2.75) is 39.2 Å². The van der Waals surface area contributed by atoms with Gasteiger partial charge in [-0.15, -0.1) is 0 Å². The molecule has 0 saturated carbocycles. The maximum atomic E-state index is 12.5. The molecule has 0 aromatic carbocycles. The Hall–Kier alpha value is -1.95. The van der Waals surface area contributed by atoms with Crippen LogP contribution in [0.4, 0.5) is 0 Å². The summed E-state index contributed by atoms with van der Waals surface area (Å²) < 4.78 is 7.46. The summed E-state index contributed by atoms with van der Waals surface area (Å²) in [4.78, 5) is 23.5. The van der Waals surface area contributed by atoms with Crippen molar-refractivity contribution in [1.29, 1.82) is 0 Å². The van der Waals surface area contributed by atoms with Gasteiger partial charge in [-0.1, -0.05) is 13.8 Å². The van der Waals surface area contributed by atoms with E-state index in [1.807, 2.05) is 24.1 Å². The van der Waals surface area contributed by atoms with Crippen LogP contribution in [0, 0.1) is 5.92 Å². The van der Waals surface area contributed by atoms with Crippen LogP contribution in [-0.4, -0.2) is 52.1 Å². The summed E-state index contributed by atoms with van der Waals surface area (Å²) in [7, 11) is 1.71. The average Bonchev–Trinajstić information content (AvgIpc) is 3.23. The number of hydrogen-bond donors (Lipinski definition) is 0. The fourth-order valence-electron chi connectivity index (χ4n) is 3.38. The van der Waals surface area contributed by atoms with Gasteiger partial charge in [0.25, 0.3) is 0 Å². The number of aromatic nitrogens is 3. The smallest absolute Gasteiger partial charge is 0.225 e. The molecule has 0 N–H and O–H groups in total. The summed E-state index contributed by atoms with van der Waals surface area (Å²) in [5, 5.41) is 0. The van der Waals surface area contributed by atoms with Crippen LogP contribution in [0.5, 0.6) is 0 Å². The molecule has 1 aliphatic rings. The highest BCUT2D eigenvalue weighted by Crippen LogP contribution is 2.30. The highest BCUT2D eigenvalue weighted by Gasteiger charge is 2.32. The number of likely N-dealkylation sites (tertiary alicyclic amines) is 1. The van der Waals surface area contributed by atoms with Gasteiger partial charge in [-0.05, 0) is 18.9 Å². The number of hydrogen-bond acceptors (Lipinski definition) is 4. The fraction of sp³-hybridized carbons (Fsp3) is 0.611. The van der Waals surface area contributed by atoms with Crippen LogP contribution in [0.1, 0.15) is 38.4 Å². The second-order valence-electron chi connectivity index (χ2n) is 6.56. The van der Waals surface area contributed by atoms with Gasteiger partial charge in [-0.2, -0.15) is 0 Å². The molecule has 130 valence electrons. The third kappa shape index (κ3) is 3.15. The molecule has 2 aromatic heterocycles. The van der Waals surface area contributed by atoms with Crippen LogP contribution in [0.25, 0.3) is 11.0 Å². The van der Waals surface area contributed by atoms with E-state index in [1.165, 1.54) is 0 Å². The van der Waals surface area contributed by atoms with E-state index in [9.17, 15) is 4.79 Å². The molecular formula is C18H26N4O2. The van der Waals surface area contributed by atoms with E-state index in [-0.39, 0.29) is 17.7 Å². The molecule has 2 atom stereocenters. The molecule has 6 nitrogen and oxygen atoms in total. The summed E-state index contributed by atoms with van der Waals surface area (Å²) in [6.07, 6.45) is 5.48. The Labute approximate surface area is 142 Å². The number of carbonyl (C=O) groups is 1. The lowest BCUT2D eigenvalue weighted by Crippen LogP contribution is -2.33. The number of fused-ring (bicyclic) bond motifs is 1. The van der Waals surface area contributed by atoms with Gasteiger partial charge < -0.3 is 14.2 Å². The molecular weight excluding hydrogens is 304 g/mol. The highest BCUT2D eigenvalue weighted by molar-refractivity contribution is 5.79. The van der Waals surface area contributed by atoms with Gasteiger partial charge in [-0.3, -0.25) is 9.78 Å². The summed E-state index contributed by atoms with van der Waals surface area (Å²) in [6, 6.07) is 1.94. The van der Waals surface area contributed by atoms with Gasteiger partial charge >= 0.3 is 0 Å². The second-order valence-corrected chi connectivity index (χ2v) is 6.56. The Morgan fingerprint density at radius 3 is 3.08 bits per heavy atom. The first-order valence-electron chi connectivity index (χ1n) is 8.73. The van der Waals surface area contributed by atoms with E-state index in [0.29, 0.717) is 6.61 Å². The lowest BCUT2D eigenvalue weighted by atomic mass is 10.1. The molecule has 2 aromatic rings. The number of ether oxygens (including phenoxy) is 1. The standard InChI is InChI=1S/C18H26N4O2/c1-4-13(2)18(23)21-8-6-14(12-21)17-20-15-5-7-19-11-16(15)22(17)9-10-24-3/h5,7,11,13-14H,4,6,8-10,12H2,1-3H3/t13-,14+/m1/s1. The van der Waals surface area contributed by atoms with E-state index in [4.69, 9.17) is 9.72 Å². The van der Waals surface area contributed by atoms with Gasteiger partial charge in [0.2, 0.25) is 5.91 Å². The minimum absolute atomic E-state index is 0.0975. The monoisotopic (exact) mass is 330 g/mol. The third-order valence-electron chi connectivity index (χ3n) is 5.00. The zero-order chi connectivity index (χ0) is 17.1. The summed E-state index contributed by atoms with van der Waals surface area (Å²) in [5.74, 6) is 1.69. The summed E-state index contributed by atoms with van der Waals surface area (Å²) in [5.41, 5.74) is 2.00. The van der Waals surface area contributed by atoms with E-state index in [1.54, 1.807) is 13.3 Å². The number of pyridine rings is 1. The van der Waals surface area contributed by atoms with Gasteiger partial charge in [0.05, 0.1) is 23.8 Å². The van der Waals surface area contributed by atoms with Crippen molar-refractivity contribution in [3.8, 4) is 0 Å². The van der Waals surface area contributed by atoms with Crippen molar-refractivity contribution in [1.82, 2.24) is 19.4 Å². The van der Waals surface area contributed by atoms with Crippen LogP contribution in [0.15, 0.2) is 18.5 Å². The minimum Gasteiger partial charge on any atom is -0.383 e. The van der Waals surface area contributed by atoms with Crippen molar-refractivity contribution in [2.75, 3.05) is 26.8 Å². The van der Waals surface area contributed by atoms with Crippen molar-refractivity contribution in [2.24, 2.45) is 5.92 Å². The summed E-state index contributed by atoms with van der Waals surface area (Å²) in [6.45, 7) is 7.04. The second kappa shape index (κ2) is 7.30. The van der Waals surface area contributed by atoms with Gasteiger partial charge in [0.15, 0.2) is 0 Å². The largest absolute Gasteiger partial charge is 0.383 e. The molecule has 0 aliphatic carbocycles. The van der Waals surface area contributed by atoms with Crippen LogP contribution < -0.4 is 0 Å². The molecule has 3 rings (SSSR count). The van der Waals surface area contributed by atoms with Crippen LogP contribution in [0.3, 0.4) is 0 Å². The Kier molecular flexibility index (Phi) is 5.14. The van der Waals surface area contributed by atoms with Crippen LogP contribution in [0.2, 0.25) is 0 Å². The van der Waals surface area contributed by atoms with Gasteiger partial charge in [-0.25, -0.2) is 4.98 Å². The first-order chi connectivity index (χ1) is 11.7. The Morgan fingerprint density at radius 1 is 1.50 bits per heavy atom. The lowest BCUT2D eigenvalue weighted by molar-refractivity contribution is -0.134. The maximum absolute atomic E-state index is 12.5. The van der Waals surface area contributed by atoms with E-state index >= 15 is 0 Å². The summed E-state index contributed by atoms with van der Waals surface area (Å²) >= 11 is 0. The predicted molar refractivity (Wildman–Crippen MR) is 92.8 cm³/mol. The lowest BCUT2D eigenvalue weighted by Gasteiger charge is -2.20. The topological polar surface area (TPSA) is 60.2 Å². The zero-order valence-corrected chi connectivity index (χ0v) is 14.7. The molecule has 1 fully saturated rings.